The van der Waals surface area contributed by atoms with Crippen LogP contribution in [0.4, 0.5) is 0 Å². The molecular weight excluding hydrogens is 509 g/mol. The van der Waals surface area contributed by atoms with Gasteiger partial charge in [0.2, 0.25) is 0 Å². The summed E-state index contributed by atoms with van der Waals surface area (Å²) in [6, 6.07) is 3.96. The molecule has 3 heterocycles. The van der Waals surface area contributed by atoms with Crippen LogP contribution in [0.15, 0.2) is 23.8 Å². The van der Waals surface area contributed by atoms with Crippen molar-refractivity contribution in [2.75, 3.05) is 46.5 Å². The SMILES string of the molecule is COC(=O)c1[nH]c(C)c(/C(O)=C2\C(=O)C(=O)N(CCN3CCOCC3)C2c2ccc(Cl)c(Cl)c2)c1C. The second-order valence-electron chi connectivity index (χ2n) is 8.74. The van der Waals surface area contributed by atoms with Crippen molar-refractivity contribution in [2.45, 2.75) is 19.9 Å². The third-order valence-electron chi connectivity index (χ3n) is 6.62. The van der Waals surface area contributed by atoms with E-state index in [9.17, 15) is 19.5 Å². The van der Waals surface area contributed by atoms with E-state index in [1.807, 2.05) is 0 Å². The Bertz CT molecular complexity index is 1250. The lowest BCUT2D eigenvalue weighted by atomic mass is 9.94. The highest BCUT2D eigenvalue weighted by molar-refractivity contribution is 6.47. The van der Waals surface area contributed by atoms with Gasteiger partial charge in [0.05, 0.1) is 42.0 Å². The molecule has 9 nitrogen and oxygen atoms in total. The zero-order chi connectivity index (χ0) is 26.1. The molecule has 11 heteroatoms. The predicted octanol–water partition coefficient (Wildman–Crippen LogP) is 3.48. The van der Waals surface area contributed by atoms with E-state index in [1.165, 1.54) is 12.0 Å². The molecule has 2 saturated heterocycles. The Hall–Kier alpha value is -2.85. The Kier molecular flexibility index (Phi) is 7.75. The maximum Gasteiger partial charge on any atom is 0.354 e. The van der Waals surface area contributed by atoms with Crippen molar-refractivity contribution < 1.29 is 29.0 Å². The number of amides is 1. The molecule has 0 bridgehead atoms. The molecule has 1 amide bonds. The molecule has 4 rings (SSSR count). The second-order valence-corrected chi connectivity index (χ2v) is 9.55. The molecule has 2 fully saturated rings. The van der Waals surface area contributed by atoms with Gasteiger partial charge in [0.15, 0.2) is 0 Å². The number of methoxy groups -OCH3 is 1. The highest BCUT2D eigenvalue weighted by atomic mass is 35.5. The quantitative estimate of drug-likeness (QED) is 0.252. The maximum absolute atomic E-state index is 13.3. The normalized spacial score (nSPS) is 20.2. The van der Waals surface area contributed by atoms with E-state index >= 15 is 0 Å². The minimum absolute atomic E-state index is 0.0815. The van der Waals surface area contributed by atoms with Gasteiger partial charge in [0.25, 0.3) is 11.7 Å². The van der Waals surface area contributed by atoms with Crippen molar-refractivity contribution in [1.82, 2.24) is 14.8 Å². The van der Waals surface area contributed by atoms with E-state index in [0.29, 0.717) is 41.6 Å². The van der Waals surface area contributed by atoms with Gasteiger partial charge >= 0.3 is 5.97 Å². The van der Waals surface area contributed by atoms with Crippen LogP contribution in [0.2, 0.25) is 10.0 Å². The van der Waals surface area contributed by atoms with Gasteiger partial charge < -0.3 is 24.5 Å². The van der Waals surface area contributed by atoms with E-state index in [1.54, 1.807) is 32.0 Å². The molecule has 1 atom stereocenters. The van der Waals surface area contributed by atoms with Crippen LogP contribution in [-0.2, 0) is 19.1 Å². The molecule has 2 N–H and O–H groups in total. The number of aromatic nitrogens is 1. The number of carbonyl (C=O) groups is 3. The van der Waals surface area contributed by atoms with Gasteiger partial charge in [0, 0.05) is 37.4 Å². The third-order valence-corrected chi connectivity index (χ3v) is 7.36. The Labute approximate surface area is 218 Å². The van der Waals surface area contributed by atoms with Gasteiger partial charge in [-0.2, -0.15) is 0 Å². The average molecular weight is 536 g/mol. The molecule has 0 saturated carbocycles. The van der Waals surface area contributed by atoms with Crippen LogP contribution >= 0.6 is 23.2 Å². The molecule has 1 aromatic carbocycles. The number of rotatable bonds is 6. The van der Waals surface area contributed by atoms with Crippen molar-refractivity contribution in [3.8, 4) is 0 Å². The van der Waals surface area contributed by atoms with Crippen LogP contribution in [0, 0.1) is 13.8 Å². The Balaban J connectivity index is 1.82. The number of aromatic amines is 1. The zero-order valence-electron chi connectivity index (χ0n) is 20.2. The van der Waals surface area contributed by atoms with Gasteiger partial charge in [-0.05, 0) is 37.1 Å². The molecule has 2 aliphatic rings. The number of carbonyl (C=O) groups excluding carboxylic acids is 3. The van der Waals surface area contributed by atoms with Gasteiger partial charge in [0.1, 0.15) is 11.5 Å². The summed E-state index contributed by atoms with van der Waals surface area (Å²) < 4.78 is 10.2. The monoisotopic (exact) mass is 535 g/mol. The van der Waals surface area contributed by atoms with Crippen molar-refractivity contribution >= 4 is 46.6 Å². The standard InChI is InChI=1S/C25H27Cl2N3O6/c1-13-18(14(2)28-20(13)25(34)35-3)22(31)19-21(15-4-5-16(26)17(27)12-15)30(24(33)23(19)32)7-6-29-8-10-36-11-9-29/h4-5,12,21,28,31H,6-11H2,1-3H3/b22-19+. The molecule has 192 valence electrons. The number of aliphatic hydroxyl groups excluding tert-OH is 1. The summed E-state index contributed by atoms with van der Waals surface area (Å²) in [6.45, 7) is 6.73. The smallest absolute Gasteiger partial charge is 0.354 e. The van der Waals surface area contributed by atoms with E-state index in [-0.39, 0.29) is 34.2 Å². The lowest BCUT2D eigenvalue weighted by Crippen LogP contribution is -2.42. The number of nitrogens with zero attached hydrogens (tertiary/aromatic N) is 2. The molecule has 1 aromatic heterocycles. The molecule has 36 heavy (non-hydrogen) atoms. The van der Waals surface area contributed by atoms with Crippen LogP contribution < -0.4 is 0 Å². The number of hydrogen-bond donors (Lipinski definition) is 2. The number of Topliss-reactive ketones (excluding diaryl/α,β-unsaturated/α-hetero) is 1. The molecule has 2 aromatic rings. The van der Waals surface area contributed by atoms with Crippen molar-refractivity contribution in [2.24, 2.45) is 0 Å². The van der Waals surface area contributed by atoms with E-state index in [0.717, 1.165) is 13.1 Å². The molecule has 1 unspecified atom stereocenters. The van der Waals surface area contributed by atoms with E-state index in [4.69, 9.17) is 32.7 Å². The first-order valence-electron chi connectivity index (χ1n) is 11.5. The molecule has 0 spiro atoms. The summed E-state index contributed by atoms with van der Waals surface area (Å²) in [6.07, 6.45) is 0. The number of nitrogens with one attached hydrogen (secondary N) is 1. The number of likely N-dealkylation sites (tertiary alicyclic amines) is 1. The number of hydrogen-bond acceptors (Lipinski definition) is 7. The summed E-state index contributed by atoms with van der Waals surface area (Å²) in [5.74, 6) is -2.52. The first kappa shape index (κ1) is 26.2. The summed E-state index contributed by atoms with van der Waals surface area (Å²) >= 11 is 12.4. The molecule has 2 aliphatic heterocycles. The molecule has 0 aliphatic carbocycles. The summed E-state index contributed by atoms with van der Waals surface area (Å²) in [7, 11) is 1.25. The number of ketones is 1. The minimum Gasteiger partial charge on any atom is -0.507 e. The number of aliphatic hydroxyl groups is 1. The number of halogens is 2. The van der Waals surface area contributed by atoms with Crippen LogP contribution in [0.5, 0.6) is 0 Å². The van der Waals surface area contributed by atoms with Gasteiger partial charge in [-0.25, -0.2) is 4.79 Å². The Morgan fingerprint density at radius 3 is 2.50 bits per heavy atom. The lowest BCUT2D eigenvalue weighted by Gasteiger charge is -2.31. The lowest BCUT2D eigenvalue weighted by molar-refractivity contribution is -0.140. The fraction of sp³-hybridized carbons (Fsp3) is 0.400. The van der Waals surface area contributed by atoms with Gasteiger partial charge in [-0.15, -0.1) is 0 Å². The number of H-pyrrole nitrogens is 1. The zero-order valence-corrected chi connectivity index (χ0v) is 21.7. The molecule has 0 radical (unpaired) electrons. The maximum atomic E-state index is 13.3. The van der Waals surface area contributed by atoms with Gasteiger partial charge in [-0.1, -0.05) is 29.3 Å². The molecular formula is C25H27Cl2N3O6. The van der Waals surface area contributed by atoms with E-state index < -0.39 is 23.7 Å². The summed E-state index contributed by atoms with van der Waals surface area (Å²) in [5.41, 5.74) is 1.74. The summed E-state index contributed by atoms with van der Waals surface area (Å²) in [5, 5.41) is 12.0. The topological polar surface area (TPSA) is 112 Å². The van der Waals surface area contributed by atoms with Gasteiger partial charge in [-0.3, -0.25) is 14.5 Å². The van der Waals surface area contributed by atoms with Crippen LogP contribution in [0.1, 0.15) is 38.9 Å². The Morgan fingerprint density at radius 1 is 1.17 bits per heavy atom. The van der Waals surface area contributed by atoms with Crippen molar-refractivity contribution in [3.05, 3.63) is 61.9 Å². The number of aryl methyl sites for hydroxylation is 1. The number of morpholine rings is 1. The van der Waals surface area contributed by atoms with Crippen molar-refractivity contribution in [1.29, 1.82) is 0 Å². The highest BCUT2D eigenvalue weighted by Gasteiger charge is 2.46. The fourth-order valence-electron chi connectivity index (χ4n) is 4.76. The number of benzene rings is 1. The van der Waals surface area contributed by atoms with E-state index in [2.05, 4.69) is 9.88 Å². The average Bonchev–Trinajstić information content (AvgIpc) is 3.31. The Morgan fingerprint density at radius 2 is 1.86 bits per heavy atom. The highest BCUT2D eigenvalue weighted by Crippen LogP contribution is 2.42. The van der Waals surface area contributed by atoms with Crippen LogP contribution in [-0.4, -0.2) is 84.1 Å². The first-order chi connectivity index (χ1) is 17.1. The summed E-state index contributed by atoms with van der Waals surface area (Å²) in [4.78, 5) is 45.3. The van der Waals surface area contributed by atoms with Crippen LogP contribution in [0.3, 0.4) is 0 Å². The predicted molar refractivity (Wildman–Crippen MR) is 134 cm³/mol. The first-order valence-corrected chi connectivity index (χ1v) is 12.2. The largest absolute Gasteiger partial charge is 0.507 e. The third kappa shape index (κ3) is 4.76. The number of ether oxygens (including phenoxy) is 2. The van der Waals surface area contributed by atoms with Crippen molar-refractivity contribution in [3.63, 3.8) is 0 Å². The minimum atomic E-state index is -0.893. The van der Waals surface area contributed by atoms with Crippen LogP contribution in [0.25, 0.3) is 5.76 Å². The number of esters is 1. The fourth-order valence-corrected chi connectivity index (χ4v) is 5.07. The second kappa shape index (κ2) is 10.6.